The van der Waals surface area contributed by atoms with Crippen molar-refractivity contribution in [1.29, 1.82) is 0 Å². The number of fused-ring (bicyclic) bond motifs is 1. The number of aliphatic hydroxyl groups is 1. The molecule has 2 heterocycles. The number of rotatable bonds is 3. The van der Waals surface area contributed by atoms with Gasteiger partial charge < -0.3 is 19.8 Å². The SMILES string of the molecule is O=c1[nH]c2ccc(C(O)CC3CCCO3)cc2[nH]1. The number of aromatic nitrogens is 2. The topological polar surface area (TPSA) is 78.1 Å². The van der Waals surface area contributed by atoms with E-state index in [1.165, 1.54) is 0 Å². The lowest BCUT2D eigenvalue weighted by molar-refractivity contribution is 0.0535. The first-order valence-corrected chi connectivity index (χ1v) is 6.24. The van der Waals surface area contributed by atoms with E-state index in [9.17, 15) is 9.90 Å². The average molecular weight is 248 g/mol. The molecule has 5 heteroatoms. The number of H-pyrrole nitrogens is 2. The van der Waals surface area contributed by atoms with Crippen LogP contribution in [-0.2, 0) is 4.74 Å². The largest absolute Gasteiger partial charge is 0.388 e. The number of benzene rings is 1. The monoisotopic (exact) mass is 248 g/mol. The molecule has 0 spiro atoms. The second-order valence-electron chi connectivity index (χ2n) is 4.77. The Labute approximate surface area is 104 Å². The molecule has 3 N–H and O–H groups in total. The Morgan fingerprint density at radius 3 is 3.00 bits per heavy atom. The van der Waals surface area contributed by atoms with Crippen LogP contribution in [0.4, 0.5) is 0 Å². The molecule has 0 bridgehead atoms. The molecule has 1 aliphatic heterocycles. The van der Waals surface area contributed by atoms with Gasteiger partial charge in [0.25, 0.3) is 0 Å². The number of imidazole rings is 1. The Kier molecular flexibility index (Phi) is 2.93. The van der Waals surface area contributed by atoms with E-state index < -0.39 is 6.10 Å². The van der Waals surface area contributed by atoms with Crippen molar-refractivity contribution < 1.29 is 9.84 Å². The number of hydrogen-bond donors (Lipinski definition) is 3. The van der Waals surface area contributed by atoms with Gasteiger partial charge in [-0.15, -0.1) is 0 Å². The first-order valence-electron chi connectivity index (χ1n) is 6.24. The normalized spacial score (nSPS) is 21.5. The predicted octanol–water partition coefficient (Wildman–Crippen LogP) is 1.46. The lowest BCUT2D eigenvalue weighted by Crippen LogP contribution is -2.11. The lowest BCUT2D eigenvalue weighted by atomic mass is 10.0. The van der Waals surface area contributed by atoms with Crippen LogP contribution in [0.5, 0.6) is 0 Å². The molecule has 0 amide bonds. The van der Waals surface area contributed by atoms with E-state index in [1.807, 2.05) is 12.1 Å². The summed E-state index contributed by atoms with van der Waals surface area (Å²) in [6, 6.07) is 5.46. The van der Waals surface area contributed by atoms with Gasteiger partial charge in [0.2, 0.25) is 0 Å². The summed E-state index contributed by atoms with van der Waals surface area (Å²) >= 11 is 0. The minimum Gasteiger partial charge on any atom is -0.388 e. The first kappa shape index (κ1) is 11.5. The zero-order chi connectivity index (χ0) is 12.5. The van der Waals surface area contributed by atoms with Gasteiger partial charge in [0, 0.05) is 13.0 Å². The highest BCUT2D eigenvalue weighted by Gasteiger charge is 2.20. The highest BCUT2D eigenvalue weighted by molar-refractivity contribution is 5.75. The molecular formula is C13H16N2O3. The maximum atomic E-state index is 11.2. The summed E-state index contributed by atoms with van der Waals surface area (Å²) in [4.78, 5) is 16.5. The van der Waals surface area contributed by atoms with E-state index in [1.54, 1.807) is 6.07 Å². The molecule has 1 aromatic heterocycles. The van der Waals surface area contributed by atoms with Crippen LogP contribution >= 0.6 is 0 Å². The number of aromatic amines is 2. The summed E-state index contributed by atoms with van der Waals surface area (Å²) in [5, 5.41) is 10.2. The minimum atomic E-state index is -0.545. The summed E-state index contributed by atoms with van der Waals surface area (Å²) in [5.41, 5.74) is 2.07. The molecule has 0 radical (unpaired) electrons. The van der Waals surface area contributed by atoms with E-state index in [4.69, 9.17) is 4.74 Å². The van der Waals surface area contributed by atoms with Crippen LogP contribution in [0, 0.1) is 0 Å². The van der Waals surface area contributed by atoms with Crippen LogP contribution in [0.3, 0.4) is 0 Å². The van der Waals surface area contributed by atoms with Crippen molar-refractivity contribution >= 4 is 11.0 Å². The lowest BCUT2D eigenvalue weighted by Gasteiger charge is -2.15. The van der Waals surface area contributed by atoms with Crippen molar-refractivity contribution in [2.24, 2.45) is 0 Å². The third-order valence-electron chi connectivity index (χ3n) is 3.43. The Balaban J connectivity index is 1.81. The van der Waals surface area contributed by atoms with Crippen LogP contribution in [0.15, 0.2) is 23.0 Å². The molecule has 0 aliphatic carbocycles. The third-order valence-corrected chi connectivity index (χ3v) is 3.43. The molecule has 5 nitrogen and oxygen atoms in total. The molecule has 1 aliphatic rings. The first-order chi connectivity index (χ1) is 8.72. The van der Waals surface area contributed by atoms with Gasteiger partial charge >= 0.3 is 5.69 Å². The molecule has 2 unspecified atom stereocenters. The van der Waals surface area contributed by atoms with Crippen LogP contribution in [-0.4, -0.2) is 27.8 Å². The molecule has 18 heavy (non-hydrogen) atoms. The van der Waals surface area contributed by atoms with Crippen molar-refractivity contribution in [2.75, 3.05) is 6.61 Å². The predicted molar refractivity (Wildman–Crippen MR) is 67.5 cm³/mol. The summed E-state index contributed by atoms with van der Waals surface area (Å²) in [6.07, 6.45) is 2.30. The van der Waals surface area contributed by atoms with Crippen LogP contribution in [0.1, 0.15) is 30.9 Å². The number of aliphatic hydroxyl groups excluding tert-OH is 1. The Bertz CT molecular complexity index is 596. The van der Waals surface area contributed by atoms with Crippen molar-refractivity contribution in [3.8, 4) is 0 Å². The Morgan fingerprint density at radius 1 is 1.39 bits per heavy atom. The van der Waals surface area contributed by atoms with Gasteiger partial charge in [-0.1, -0.05) is 6.07 Å². The summed E-state index contributed by atoms with van der Waals surface area (Å²) < 4.78 is 5.51. The van der Waals surface area contributed by atoms with Gasteiger partial charge in [0.15, 0.2) is 0 Å². The molecule has 1 aromatic carbocycles. The van der Waals surface area contributed by atoms with Gasteiger partial charge in [-0.2, -0.15) is 0 Å². The summed E-state index contributed by atoms with van der Waals surface area (Å²) in [5.74, 6) is 0. The molecule has 96 valence electrons. The fourth-order valence-electron chi connectivity index (χ4n) is 2.47. The Morgan fingerprint density at radius 2 is 2.22 bits per heavy atom. The van der Waals surface area contributed by atoms with Gasteiger partial charge in [-0.05, 0) is 30.5 Å². The van der Waals surface area contributed by atoms with Crippen LogP contribution < -0.4 is 5.69 Å². The Hall–Kier alpha value is -1.59. The molecule has 2 atom stereocenters. The molecule has 1 fully saturated rings. The fraction of sp³-hybridized carbons (Fsp3) is 0.462. The quantitative estimate of drug-likeness (QED) is 0.769. The van der Waals surface area contributed by atoms with Crippen molar-refractivity contribution in [2.45, 2.75) is 31.5 Å². The van der Waals surface area contributed by atoms with E-state index in [-0.39, 0.29) is 11.8 Å². The number of hydrogen-bond acceptors (Lipinski definition) is 3. The third kappa shape index (κ3) is 2.19. The molecular weight excluding hydrogens is 232 g/mol. The van der Waals surface area contributed by atoms with Gasteiger partial charge in [-0.3, -0.25) is 0 Å². The smallest absolute Gasteiger partial charge is 0.323 e. The highest BCUT2D eigenvalue weighted by Crippen LogP contribution is 2.26. The molecule has 3 rings (SSSR count). The van der Waals surface area contributed by atoms with Crippen molar-refractivity contribution in [1.82, 2.24) is 9.97 Å². The van der Waals surface area contributed by atoms with Gasteiger partial charge in [0.1, 0.15) is 0 Å². The maximum absolute atomic E-state index is 11.2. The second kappa shape index (κ2) is 4.59. The van der Waals surface area contributed by atoms with E-state index >= 15 is 0 Å². The van der Waals surface area contributed by atoms with E-state index in [2.05, 4.69) is 9.97 Å². The molecule has 1 saturated heterocycles. The fourth-order valence-corrected chi connectivity index (χ4v) is 2.47. The minimum absolute atomic E-state index is 0.154. The average Bonchev–Trinajstić information content (AvgIpc) is 2.95. The van der Waals surface area contributed by atoms with Gasteiger partial charge in [-0.25, -0.2) is 4.79 Å². The second-order valence-corrected chi connectivity index (χ2v) is 4.77. The molecule has 2 aromatic rings. The zero-order valence-corrected chi connectivity index (χ0v) is 9.98. The number of nitrogens with one attached hydrogen (secondary N) is 2. The number of ether oxygens (including phenoxy) is 1. The standard InChI is InChI=1S/C13H16N2O3/c16-12(7-9-2-1-5-18-9)8-3-4-10-11(6-8)15-13(17)14-10/h3-4,6,9,12,16H,1-2,5,7H2,(H2,14,15,17). The van der Waals surface area contributed by atoms with Crippen LogP contribution in [0.2, 0.25) is 0 Å². The van der Waals surface area contributed by atoms with Crippen molar-refractivity contribution in [3.63, 3.8) is 0 Å². The summed E-state index contributed by atoms with van der Waals surface area (Å²) in [6.45, 7) is 0.793. The van der Waals surface area contributed by atoms with Gasteiger partial charge in [0.05, 0.1) is 23.2 Å². The van der Waals surface area contributed by atoms with E-state index in [0.717, 1.165) is 36.0 Å². The van der Waals surface area contributed by atoms with Crippen LogP contribution in [0.25, 0.3) is 11.0 Å². The van der Waals surface area contributed by atoms with Crippen molar-refractivity contribution in [3.05, 3.63) is 34.2 Å². The molecule has 0 saturated carbocycles. The zero-order valence-electron chi connectivity index (χ0n) is 9.98. The summed E-state index contributed by atoms with van der Waals surface area (Å²) in [7, 11) is 0. The highest BCUT2D eigenvalue weighted by atomic mass is 16.5. The van der Waals surface area contributed by atoms with E-state index in [0.29, 0.717) is 6.42 Å². The maximum Gasteiger partial charge on any atom is 0.323 e.